The van der Waals surface area contributed by atoms with E-state index in [1.165, 1.54) is 4.52 Å². The number of nitrogens with zero attached hydrogens (tertiary/aromatic N) is 4. The number of aromatic nitrogens is 4. The van der Waals surface area contributed by atoms with E-state index < -0.39 is 17.4 Å². The van der Waals surface area contributed by atoms with Crippen molar-refractivity contribution >= 4 is 35.0 Å². The van der Waals surface area contributed by atoms with Gasteiger partial charge in [0, 0.05) is 16.7 Å². The normalized spacial score (nSPS) is 13.4. The van der Waals surface area contributed by atoms with Crippen molar-refractivity contribution in [3.05, 3.63) is 81.1 Å². The van der Waals surface area contributed by atoms with Crippen LogP contribution in [0, 0.1) is 0 Å². The third kappa shape index (κ3) is 2.35. The Morgan fingerprint density at radius 2 is 1.54 bits per heavy atom. The van der Waals surface area contributed by atoms with Crippen molar-refractivity contribution in [3.8, 4) is 11.4 Å². The maximum Gasteiger partial charge on any atom is 0.267 e. The summed E-state index contributed by atoms with van der Waals surface area (Å²) in [4.78, 5) is 45.5. The fourth-order valence-electron chi connectivity index (χ4n) is 3.16. The maximum atomic E-state index is 12.8. The van der Waals surface area contributed by atoms with Gasteiger partial charge in [-0.1, -0.05) is 23.7 Å². The lowest BCUT2D eigenvalue weighted by Gasteiger charge is -2.13. The monoisotopic (exact) mass is 391 g/mol. The van der Waals surface area contributed by atoms with Crippen LogP contribution in [-0.2, 0) is 0 Å². The number of halogens is 1. The van der Waals surface area contributed by atoms with Gasteiger partial charge in [0.15, 0.2) is 11.6 Å². The standard InChI is InChI=1S/C19H10ClN5O3/c20-11-7-5-10(6-8-11)16-22-19-21-14(26)9-15(25(19)23-16)24-17(27)12-3-1-2-4-13(12)18(24)28/h1-9H,(H,21,22,23,26). The molecule has 2 amide bonds. The number of hydrogen-bond acceptors (Lipinski definition) is 5. The minimum atomic E-state index is -0.518. The molecule has 5 rings (SSSR count). The quantitative estimate of drug-likeness (QED) is 0.529. The van der Waals surface area contributed by atoms with Crippen LogP contribution in [0.2, 0.25) is 5.02 Å². The molecule has 0 bridgehead atoms. The molecule has 0 spiro atoms. The van der Waals surface area contributed by atoms with Crippen LogP contribution in [0.5, 0.6) is 0 Å². The smallest absolute Gasteiger partial charge is 0.267 e. The molecular weight excluding hydrogens is 382 g/mol. The molecule has 0 radical (unpaired) electrons. The summed E-state index contributed by atoms with van der Waals surface area (Å²) in [5.74, 6) is -0.579. The Balaban J connectivity index is 1.70. The summed E-state index contributed by atoms with van der Waals surface area (Å²) >= 11 is 5.91. The van der Waals surface area contributed by atoms with Gasteiger partial charge in [-0.25, -0.2) is 4.90 Å². The molecule has 9 heteroatoms. The molecule has 0 fully saturated rings. The molecule has 0 unspecified atom stereocenters. The molecule has 2 aromatic carbocycles. The summed E-state index contributed by atoms with van der Waals surface area (Å²) < 4.78 is 1.27. The fourth-order valence-corrected chi connectivity index (χ4v) is 3.28. The van der Waals surface area contributed by atoms with E-state index in [4.69, 9.17) is 11.6 Å². The van der Waals surface area contributed by atoms with Gasteiger partial charge < -0.3 is 0 Å². The predicted octanol–water partition coefficient (Wildman–Crippen LogP) is 2.54. The summed E-state index contributed by atoms with van der Waals surface area (Å²) in [6.07, 6.45) is 0. The number of H-pyrrole nitrogens is 1. The lowest BCUT2D eigenvalue weighted by molar-refractivity contribution is 0.0924. The SMILES string of the molecule is O=C1c2ccccc2C(=O)N1c1cc(=O)[nH]c2nc(-c3ccc(Cl)cc3)nn12. The van der Waals surface area contributed by atoms with Crippen molar-refractivity contribution in [1.29, 1.82) is 0 Å². The molecule has 136 valence electrons. The number of hydrogen-bond donors (Lipinski definition) is 1. The number of fused-ring (bicyclic) bond motifs is 2. The summed E-state index contributed by atoms with van der Waals surface area (Å²) in [7, 11) is 0. The number of anilines is 1. The highest BCUT2D eigenvalue weighted by molar-refractivity contribution is 6.34. The third-order valence-electron chi connectivity index (χ3n) is 4.44. The molecule has 0 saturated carbocycles. The van der Waals surface area contributed by atoms with E-state index in [1.54, 1.807) is 48.5 Å². The Morgan fingerprint density at radius 1 is 0.893 bits per heavy atom. The number of amides is 2. The van der Waals surface area contributed by atoms with Crippen LogP contribution < -0.4 is 10.5 Å². The molecule has 4 aromatic rings. The fraction of sp³-hybridized carbons (Fsp3) is 0. The second-order valence-corrected chi connectivity index (χ2v) is 6.60. The average molecular weight is 392 g/mol. The average Bonchev–Trinajstić information content (AvgIpc) is 3.22. The molecule has 1 aliphatic rings. The molecule has 2 aromatic heterocycles. The van der Waals surface area contributed by atoms with Gasteiger partial charge in [0.25, 0.3) is 17.4 Å². The Hall–Kier alpha value is -3.78. The highest BCUT2D eigenvalue weighted by atomic mass is 35.5. The van der Waals surface area contributed by atoms with Gasteiger partial charge >= 0.3 is 0 Å². The van der Waals surface area contributed by atoms with Gasteiger partial charge in [-0.2, -0.15) is 9.50 Å². The van der Waals surface area contributed by atoms with Gasteiger partial charge in [0.05, 0.1) is 11.1 Å². The molecule has 1 N–H and O–H groups in total. The first-order chi connectivity index (χ1) is 13.5. The Morgan fingerprint density at radius 3 is 2.18 bits per heavy atom. The minimum Gasteiger partial charge on any atom is -0.291 e. The summed E-state index contributed by atoms with van der Waals surface area (Å²) in [6.45, 7) is 0. The highest BCUT2D eigenvalue weighted by Gasteiger charge is 2.38. The van der Waals surface area contributed by atoms with Crippen LogP contribution in [0.1, 0.15) is 20.7 Å². The number of carbonyl (C=O) groups excluding carboxylic acids is 2. The number of rotatable bonds is 2. The van der Waals surface area contributed by atoms with Gasteiger partial charge in [-0.05, 0) is 36.4 Å². The molecule has 8 nitrogen and oxygen atoms in total. The number of nitrogens with one attached hydrogen (secondary N) is 1. The van der Waals surface area contributed by atoms with Crippen LogP contribution in [0.25, 0.3) is 17.2 Å². The zero-order valence-corrected chi connectivity index (χ0v) is 14.8. The van der Waals surface area contributed by atoms with Gasteiger partial charge in [0.2, 0.25) is 5.78 Å². The van der Waals surface area contributed by atoms with Crippen molar-refractivity contribution in [2.75, 3.05) is 4.90 Å². The molecule has 0 atom stereocenters. The second kappa shape index (κ2) is 5.86. The highest BCUT2D eigenvalue weighted by Crippen LogP contribution is 2.28. The predicted molar refractivity (Wildman–Crippen MR) is 102 cm³/mol. The lowest BCUT2D eigenvalue weighted by atomic mass is 10.1. The zero-order chi connectivity index (χ0) is 19.4. The van der Waals surface area contributed by atoms with Crippen LogP contribution in [0.15, 0.2) is 59.4 Å². The van der Waals surface area contributed by atoms with E-state index >= 15 is 0 Å². The van der Waals surface area contributed by atoms with E-state index in [-0.39, 0.29) is 22.7 Å². The Kier molecular flexibility index (Phi) is 3.43. The van der Waals surface area contributed by atoms with Crippen molar-refractivity contribution in [2.24, 2.45) is 0 Å². The number of aromatic amines is 1. The summed E-state index contributed by atoms with van der Waals surface area (Å²) in [6, 6.07) is 14.5. The van der Waals surface area contributed by atoms with Crippen molar-refractivity contribution < 1.29 is 9.59 Å². The van der Waals surface area contributed by atoms with Crippen LogP contribution in [-0.4, -0.2) is 31.4 Å². The van der Waals surface area contributed by atoms with E-state index in [9.17, 15) is 14.4 Å². The molecule has 1 aliphatic heterocycles. The molecule has 0 saturated heterocycles. The maximum absolute atomic E-state index is 12.8. The van der Waals surface area contributed by atoms with E-state index in [2.05, 4.69) is 15.1 Å². The van der Waals surface area contributed by atoms with Gasteiger partial charge in [-0.15, -0.1) is 5.10 Å². The lowest BCUT2D eigenvalue weighted by Crippen LogP contribution is -2.32. The topological polar surface area (TPSA) is 100 Å². The van der Waals surface area contributed by atoms with Gasteiger partial charge in [0.1, 0.15) is 0 Å². The summed E-state index contributed by atoms with van der Waals surface area (Å²) in [5.41, 5.74) is 0.717. The Labute approximate surface area is 162 Å². The second-order valence-electron chi connectivity index (χ2n) is 6.16. The number of imide groups is 1. The minimum absolute atomic E-state index is 0.0256. The first kappa shape index (κ1) is 16.4. The van der Waals surface area contributed by atoms with Crippen LogP contribution in [0.4, 0.5) is 5.82 Å². The van der Waals surface area contributed by atoms with Crippen molar-refractivity contribution in [3.63, 3.8) is 0 Å². The van der Waals surface area contributed by atoms with E-state index in [0.717, 1.165) is 11.0 Å². The van der Waals surface area contributed by atoms with E-state index in [0.29, 0.717) is 16.4 Å². The largest absolute Gasteiger partial charge is 0.291 e. The van der Waals surface area contributed by atoms with Crippen LogP contribution in [0.3, 0.4) is 0 Å². The van der Waals surface area contributed by atoms with Crippen molar-refractivity contribution in [2.45, 2.75) is 0 Å². The third-order valence-corrected chi connectivity index (χ3v) is 4.70. The molecule has 3 heterocycles. The van der Waals surface area contributed by atoms with Crippen LogP contribution >= 0.6 is 11.6 Å². The summed E-state index contributed by atoms with van der Waals surface area (Å²) in [5, 5.41) is 4.94. The number of benzene rings is 2. The number of carbonyl (C=O) groups is 2. The Bertz CT molecular complexity index is 1300. The van der Waals surface area contributed by atoms with E-state index in [1.807, 2.05) is 0 Å². The first-order valence-corrected chi connectivity index (χ1v) is 8.64. The molecule has 0 aliphatic carbocycles. The van der Waals surface area contributed by atoms with Crippen molar-refractivity contribution in [1.82, 2.24) is 19.6 Å². The molecular formula is C19H10ClN5O3. The molecule has 28 heavy (non-hydrogen) atoms. The first-order valence-electron chi connectivity index (χ1n) is 8.27. The zero-order valence-electron chi connectivity index (χ0n) is 14.1. The van der Waals surface area contributed by atoms with Gasteiger partial charge in [-0.3, -0.25) is 19.4 Å².